The third-order valence-electron chi connectivity index (χ3n) is 5.81. The lowest BCUT2D eigenvalue weighted by Gasteiger charge is -2.15. The van der Waals surface area contributed by atoms with Gasteiger partial charge in [-0.2, -0.15) is 9.78 Å². The minimum absolute atomic E-state index is 0.0261. The van der Waals surface area contributed by atoms with Gasteiger partial charge < -0.3 is 9.47 Å². The monoisotopic (exact) mass is 704 g/mol. The quantitative estimate of drug-likeness (QED) is 0.0730. The molecule has 0 aliphatic rings. The molecule has 1 heterocycles. The number of unbranched alkanes of at least 4 members (excludes halogenated alkanes) is 1. The van der Waals surface area contributed by atoms with E-state index in [1.165, 1.54) is 16.8 Å². The van der Waals surface area contributed by atoms with Gasteiger partial charge in [0.05, 0.1) is 32.2 Å². The summed E-state index contributed by atoms with van der Waals surface area (Å²) >= 11 is 5.60. The van der Waals surface area contributed by atoms with E-state index < -0.39 is 4.92 Å². The minimum Gasteiger partial charge on any atom is -0.490 e. The van der Waals surface area contributed by atoms with Crippen molar-refractivity contribution < 1.29 is 14.4 Å². The summed E-state index contributed by atoms with van der Waals surface area (Å²) in [5, 5.41) is 15.9. The van der Waals surface area contributed by atoms with Crippen LogP contribution in [0.1, 0.15) is 43.6 Å². The van der Waals surface area contributed by atoms with Crippen LogP contribution in [0.4, 0.5) is 5.69 Å². The molecule has 4 aromatic rings. The Morgan fingerprint density at radius 3 is 2.59 bits per heavy atom. The number of benzene rings is 3. The van der Waals surface area contributed by atoms with E-state index in [0.717, 1.165) is 32.0 Å². The highest BCUT2D eigenvalue weighted by Gasteiger charge is 2.14. The zero-order valence-electron chi connectivity index (χ0n) is 21.4. The second-order valence-electron chi connectivity index (χ2n) is 8.63. The Kier molecular flexibility index (Phi) is 9.68. The topological polar surface area (TPSA) is 109 Å². The van der Waals surface area contributed by atoms with Gasteiger partial charge >= 0.3 is 0 Å². The molecule has 0 amide bonds. The molecule has 4 rings (SSSR count). The van der Waals surface area contributed by atoms with E-state index in [2.05, 4.69) is 50.5 Å². The Labute approximate surface area is 247 Å². The van der Waals surface area contributed by atoms with Crippen molar-refractivity contribution in [3.05, 3.63) is 100 Å². The molecule has 0 bridgehead atoms. The van der Waals surface area contributed by atoms with E-state index in [1.807, 2.05) is 31.2 Å². The molecule has 0 aliphatic carbocycles. The Balaban J connectivity index is 1.65. The van der Waals surface area contributed by atoms with Crippen molar-refractivity contribution >= 4 is 61.3 Å². The molecule has 1 aromatic heterocycles. The molecule has 0 saturated carbocycles. The zero-order valence-corrected chi connectivity index (χ0v) is 25.1. The highest BCUT2D eigenvalue weighted by Crippen LogP contribution is 2.34. The first-order valence-corrected chi connectivity index (χ1v) is 14.3. The highest BCUT2D eigenvalue weighted by atomic mass is 127. The van der Waals surface area contributed by atoms with Crippen molar-refractivity contribution in [2.75, 3.05) is 6.61 Å². The Hall–Kier alpha value is -3.32. The van der Waals surface area contributed by atoms with Crippen LogP contribution in [-0.2, 0) is 13.0 Å². The van der Waals surface area contributed by atoms with E-state index >= 15 is 0 Å². The summed E-state index contributed by atoms with van der Waals surface area (Å²) in [5.41, 5.74) is 1.96. The lowest BCUT2D eigenvalue weighted by atomic mass is 10.2. The molecule has 202 valence electrons. The van der Waals surface area contributed by atoms with Gasteiger partial charge in [-0.1, -0.05) is 29.3 Å². The standard InChI is InChI=1S/C28H26BrIN4O5/c1-3-5-6-26-32-24-12-9-20(29)15-22(24)28(35)33(26)31-16-19-13-23(30)27(25(14-19)38-4-2)39-17-18-7-10-21(11-8-18)34(36)37/h7-16H,3-6,17H2,1-2H3. The number of nitro benzene ring substituents is 1. The van der Waals surface area contributed by atoms with Crippen LogP contribution in [0.25, 0.3) is 10.9 Å². The van der Waals surface area contributed by atoms with Crippen LogP contribution in [0.15, 0.2) is 69.0 Å². The Morgan fingerprint density at radius 2 is 1.90 bits per heavy atom. The maximum atomic E-state index is 13.4. The summed E-state index contributed by atoms with van der Waals surface area (Å²) in [6, 6.07) is 15.4. The SMILES string of the molecule is CCCCc1nc2ccc(Br)cc2c(=O)n1N=Cc1cc(I)c(OCc2ccc([N+](=O)[O-])cc2)c(OCC)c1. The summed E-state index contributed by atoms with van der Waals surface area (Å²) < 4.78 is 14.9. The Morgan fingerprint density at radius 1 is 1.13 bits per heavy atom. The number of hydrogen-bond donors (Lipinski definition) is 0. The van der Waals surface area contributed by atoms with Gasteiger partial charge in [0.25, 0.3) is 11.2 Å². The first kappa shape index (κ1) is 28.7. The lowest BCUT2D eigenvalue weighted by Crippen LogP contribution is -2.22. The second-order valence-corrected chi connectivity index (χ2v) is 10.7. The molecule has 0 aliphatic heterocycles. The molecule has 0 fully saturated rings. The average molecular weight is 705 g/mol. The van der Waals surface area contributed by atoms with Crippen molar-refractivity contribution in [2.45, 2.75) is 39.7 Å². The number of aromatic nitrogens is 2. The molecule has 9 nitrogen and oxygen atoms in total. The number of ether oxygens (including phenoxy) is 2. The molecule has 0 radical (unpaired) electrons. The number of fused-ring (bicyclic) bond motifs is 1. The molecular formula is C28H26BrIN4O5. The molecule has 0 atom stereocenters. The van der Waals surface area contributed by atoms with Crippen molar-refractivity contribution in [3.63, 3.8) is 0 Å². The van der Waals surface area contributed by atoms with Gasteiger partial charge in [-0.25, -0.2) is 4.98 Å². The van der Waals surface area contributed by atoms with Gasteiger partial charge in [-0.05, 0) is 89.5 Å². The number of non-ortho nitro benzene ring substituents is 1. The maximum absolute atomic E-state index is 13.4. The molecule has 0 unspecified atom stereocenters. The molecule has 0 N–H and O–H groups in total. The molecule has 11 heteroatoms. The fourth-order valence-corrected chi connectivity index (χ4v) is 5.01. The van der Waals surface area contributed by atoms with E-state index in [1.54, 1.807) is 24.4 Å². The van der Waals surface area contributed by atoms with E-state index in [-0.39, 0.29) is 17.9 Å². The number of hydrogen-bond acceptors (Lipinski definition) is 7. The van der Waals surface area contributed by atoms with Crippen molar-refractivity contribution in [3.8, 4) is 11.5 Å². The summed E-state index contributed by atoms with van der Waals surface area (Å²) in [6.07, 6.45) is 4.10. The van der Waals surface area contributed by atoms with E-state index in [9.17, 15) is 14.9 Å². The maximum Gasteiger partial charge on any atom is 0.282 e. The number of rotatable bonds is 11. The largest absolute Gasteiger partial charge is 0.490 e. The third kappa shape index (κ3) is 7.01. The molecule has 3 aromatic carbocycles. The summed E-state index contributed by atoms with van der Waals surface area (Å²) in [4.78, 5) is 28.5. The van der Waals surface area contributed by atoms with Gasteiger partial charge in [0, 0.05) is 23.0 Å². The van der Waals surface area contributed by atoms with Crippen LogP contribution < -0.4 is 15.0 Å². The first-order valence-electron chi connectivity index (χ1n) is 12.4. The fraction of sp³-hybridized carbons (Fsp3) is 0.250. The van der Waals surface area contributed by atoms with Gasteiger partial charge in [0.15, 0.2) is 11.5 Å². The normalized spacial score (nSPS) is 11.3. The van der Waals surface area contributed by atoms with Crippen LogP contribution in [0, 0.1) is 13.7 Å². The van der Waals surface area contributed by atoms with Gasteiger partial charge in [-0.15, -0.1) is 0 Å². The summed E-state index contributed by atoms with van der Waals surface area (Å²) in [7, 11) is 0. The van der Waals surface area contributed by atoms with Crippen molar-refractivity contribution in [1.82, 2.24) is 9.66 Å². The first-order chi connectivity index (χ1) is 18.8. The predicted molar refractivity (Wildman–Crippen MR) is 163 cm³/mol. The fourth-order valence-electron chi connectivity index (χ4n) is 3.87. The van der Waals surface area contributed by atoms with Crippen molar-refractivity contribution in [2.24, 2.45) is 5.10 Å². The molecular weight excluding hydrogens is 679 g/mol. The van der Waals surface area contributed by atoms with Crippen LogP contribution in [0.2, 0.25) is 0 Å². The van der Waals surface area contributed by atoms with Gasteiger partial charge in [0.1, 0.15) is 12.4 Å². The molecule has 39 heavy (non-hydrogen) atoms. The average Bonchev–Trinajstić information content (AvgIpc) is 2.92. The van der Waals surface area contributed by atoms with Crippen LogP contribution in [0.3, 0.4) is 0 Å². The molecule has 0 spiro atoms. The highest BCUT2D eigenvalue weighted by molar-refractivity contribution is 14.1. The number of nitro groups is 1. The van der Waals surface area contributed by atoms with E-state index in [0.29, 0.717) is 41.3 Å². The van der Waals surface area contributed by atoms with Crippen LogP contribution in [0.5, 0.6) is 11.5 Å². The van der Waals surface area contributed by atoms with Gasteiger partial charge in [0.2, 0.25) is 0 Å². The second kappa shape index (κ2) is 13.2. The summed E-state index contributed by atoms with van der Waals surface area (Å²) in [5.74, 6) is 1.70. The predicted octanol–water partition coefficient (Wildman–Crippen LogP) is 6.87. The zero-order chi connectivity index (χ0) is 27.9. The van der Waals surface area contributed by atoms with Crippen LogP contribution in [-0.4, -0.2) is 27.4 Å². The molecule has 0 saturated heterocycles. The van der Waals surface area contributed by atoms with E-state index in [4.69, 9.17) is 14.5 Å². The third-order valence-corrected chi connectivity index (χ3v) is 7.11. The van der Waals surface area contributed by atoms with Crippen LogP contribution >= 0.6 is 38.5 Å². The van der Waals surface area contributed by atoms with Crippen molar-refractivity contribution in [1.29, 1.82) is 0 Å². The summed E-state index contributed by atoms with van der Waals surface area (Å²) in [6.45, 7) is 4.61. The minimum atomic E-state index is -0.436. The Bertz CT molecular complexity index is 1590. The lowest BCUT2D eigenvalue weighted by molar-refractivity contribution is -0.384. The number of halogens is 2. The number of aryl methyl sites for hydroxylation is 1. The number of nitrogens with zero attached hydrogens (tertiary/aromatic N) is 4. The smallest absolute Gasteiger partial charge is 0.282 e. The van der Waals surface area contributed by atoms with Gasteiger partial charge in [-0.3, -0.25) is 14.9 Å².